The summed E-state index contributed by atoms with van der Waals surface area (Å²) in [5.41, 5.74) is 0. The van der Waals surface area contributed by atoms with E-state index in [9.17, 15) is 9.59 Å². The van der Waals surface area contributed by atoms with E-state index < -0.39 is 11.9 Å². The molecule has 0 fully saturated rings. The Hall–Kier alpha value is -2.30. The van der Waals surface area contributed by atoms with Gasteiger partial charge in [-0.2, -0.15) is 0 Å². The van der Waals surface area contributed by atoms with E-state index in [-0.39, 0.29) is 6.61 Å². The normalized spacial score (nSPS) is 8.25. The highest BCUT2D eigenvalue weighted by Crippen LogP contribution is 2.07. The molecule has 5 nitrogen and oxygen atoms in total. The lowest BCUT2D eigenvalue weighted by atomic mass is 10.3. The van der Waals surface area contributed by atoms with Gasteiger partial charge in [0.25, 0.3) is 0 Å². The van der Waals surface area contributed by atoms with Crippen LogP contribution in [0.1, 0.15) is 0 Å². The maximum atomic E-state index is 10.0. The molecule has 1 aromatic carbocycles. The van der Waals surface area contributed by atoms with Crippen LogP contribution in [0.2, 0.25) is 0 Å². The average Bonchev–Trinajstić information content (AvgIpc) is 2.28. The third-order valence-electron chi connectivity index (χ3n) is 1.28. The van der Waals surface area contributed by atoms with Gasteiger partial charge in [0.05, 0.1) is 0 Å². The number of aliphatic carboxylic acids is 2. The van der Waals surface area contributed by atoms with Gasteiger partial charge in [-0.25, -0.2) is 9.59 Å². The smallest absolute Gasteiger partial charge is 0.341 e. The summed E-state index contributed by atoms with van der Waals surface area (Å²) in [5, 5.41) is 15.9. The minimum atomic E-state index is -0.981. The number of rotatable bonds is 4. The van der Waals surface area contributed by atoms with Crippen LogP contribution < -0.4 is 4.74 Å². The van der Waals surface area contributed by atoms with Gasteiger partial charge in [-0.1, -0.05) is 24.8 Å². The first kappa shape index (κ1) is 13.7. The number of para-hydroxylation sites is 1. The zero-order valence-electron chi connectivity index (χ0n) is 8.50. The standard InChI is InChI=1S/C8H8O3.C3H4O2/c9-8(10)6-11-7-4-2-1-3-5-7;1-2-3(4)5/h1-5H,6H2,(H,9,10);2H,1H2,(H,4,5). The number of hydrogen-bond acceptors (Lipinski definition) is 3. The average molecular weight is 224 g/mol. The first-order valence-electron chi connectivity index (χ1n) is 4.31. The third kappa shape index (κ3) is 8.31. The molecule has 0 amide bonds. The molecule has 1 aromatic rings. The molecule has 0 atom stereocenters. The zero-order chi connectivity index (χ0) is 12.4. The van der Waals surface area contributed by atoms with Crippen molar-refractivity contribution in [1.82, 2.24) is 0 Å². The predicted molar refractivity (Wildman–Crippen MR) is 57.4 cm³/mol. The molecule has 0 spiro atoms. The second kappa shape index (κ2) is 8.05. The van der Waals surface area contributed by atoms with Gasteiger partial charge >= 0.3 is 11.9 Å². The number of carbonyl (C=O) groups is 2. The number of ether oxygens (including phenoxy) is 1. The van der Waals surface area contributed by atoms with Crippen LogP contribution in [0.3, 0.4) is 0 Å². The van der Waals surface area contributed by atoms with E-state index in [4.69, 9.17) is 14.9 Å². The highest BCUT2D eigenvalue weighted by molar-refractivity contribution is 5.78. The summed E-state index contributed by atoms with van der Waals surface area (Å²) in [6.07, 6.45) is 0.833. The lowest BCUT2D eigenvalue weighted by Crippen LogP contribution is -2.09. The van der Waals surface area contributed by atoms with Crippen LogP contribution >= 0.6 is 0 Å². The summed E-state index contributed by atoms with van der Waals surface area (Å²) in [6.45, 7) is 2.67. The monoisotopic (exact) mass is 224 g/mol. The van der Waals surface area contributed by atoms with E-state index in [1.807, 2.05) is 6.07 Å². The molecule has 0 saturated carbocycles. The molecule has 0 aromatic heterocycles. The molecular formula is C11H12O5. The van der Waals surface area contributed by atoms with Crippen molar-refractivity contribution >= 4 is 11.9 Å². The van der Waals surface area contributed by atoms with Crippen molar-refractivity contribution < 1.29 is 24.5 Å². The Balaban J connectivity index is 0.000000385. The number of carboxylic acids is 2. The van der Waals surface area contributed by atoms with Crippen molar-refractivity contribution in [2.24, 2.45) is 0 Å². The Morgan fingerprint density at radius 1 is 1.25 bits per heavy atom. The zero-order valence-corrected chi connectivity index (χ0v) is 8.50. The molecule has 5 heteroatoms. The predicted octanol–water partition coefficient (Wildman–Crippen LogP) is 1.41. The van der Waals surface area contributed by atoms with Gasteiger partial charge in [-0.05, 0) is 12.1 Å². The summed E-state index contributed by atoms with van der Waals surface area (Å²) in [4.78, 5) is 19.3. The lowest BCUT2D eigenvalue weighted by molar-refractivity contribution is -0.139. The molecule has 0 aliphatic heterocycles. The van der Waals surface area contributed by atoms with E-state index in [1.54, 1.807) is 24.3 Å². The van der Waals surface area contributed by atoms with Crippen molar-refractivity contribution in [3.63, 3.8) is 0 Å². The summed E-state index contributed by atoms with van der Waals surface area (Å²) < 4.78 is 4.87. The van der Waals surface area contributed by atoms with Gasteiger partial charge in [-0.15, -0.1) is 0 Å². The first-order valence-corrected chi connectivity index (χ1v) is 4.31. The topological polar surface area (TPSA) is 83.8 Å². The molecule has 0 unspecified atom stereocenters. The van der Waals surface area contributed by atoms with Gasteiger partial charge in [0.15, 0.2) is 6.61 Å². The van der Waals surface area contributed by atoms with Crippen molar-refractivity contribution in [2.75, 3.05) is 6.61 Å². The molecule has 0 heterocycles. The van der Waals surface area contributed by atoms with Gasteiger partial charge in [-0.3, -0.25) is 0 Å². The lowest BCUT2D eigenvalue weighted by Gasteiger charge is -2.00. The van der Waals surface area contributed by atoms with E-state index in [0.717, 1.165) is 6.08 Å². The quantitative estimate of drug-likeness (QED) is 0.755. The fourth-order valence-corrected chi connectivity index (χ4v) is 0.662. The second-order valence-corrected chi connectivity index (χ2v) is 2.54. The van der Waals surface area contributed by atoms with Crippen LogP contribution in [0.5, 0.6) is 5.75 Å². The molecule has 0 aliphatic rings. The Morgan fingerprint density at radius 2 is 1.75 bits per heavy atom. The fraction of sp³-hybridized carbons (Fsp3) is 0.0909. The largest absolute Gasteiger partial charge is 0.482 e. The Bertz CT molecular complexity index is 345. The number of hydrogen-bond donors (Lipinski definition) is 2. The summed E-state index contributed by atoms with van der Waals surface area (Å²) >= 11 is 0. The number of benzene rings is 1. The fourth-order valence-electron chi connectivity index (χ4n) is 0.662. The summed E-state index contributed by atoms with van der Waals surface area (Å²) in [7, 11) is 0. The van der Waals surface area contributed by atoms with Crippen molar-refractivity contribution in [3.05, 3.63) is 43.0 Å². The Labute approximate surface area is 92.6 Å². The van der Waals surface area contributed by atoms with Crippen molar-refractivity contribution in [2.45, 2.75) is 0 Å². The SMILES string of the molecule is C=CC(=O)O.O=C(O)COc1ccccc1. The van der Waals surface area contributed by atoms with Crippen LogP contribution in [0.4, 0.5) is 0 Å². The molecule has 16 heavy (non-hydrogen) atoms. The molecule has 0 bridgehead atoms. The van der Waals surface area contributed by atoms with Crippen LogP contribution in [0, 0.1) is 0 Å². The van der Waals surface area contributed by atoms with Crippen molar-refractivity contribution in [1.29, 1.82) is 0 Å². The van der Waals surface area contributed by atoms with Crippen LogP contribution in [0.25, 0.3) is 0 Å². The molecule has 0 saturated heterocycles. The van der Waals surface area contributed by atoms with Crippen LogP contribution in [-0.4, -0.2) is 28.8 Å². The van der Waals surface area contributed by atoms with Gasteiger partial charge in [0.1, 0.15) is 5.75 Å². The Kier molecular flexibility index (Phi) is 6.89. The minimum absolute atomic E-state index is 0.288. The highest BCUT2D eigenvalue weighted by Gasteiger charge is 1.96. The van der Waals surface area contributed by atoms with E-state index in [1.165, 1.54) is 0 Å². The summed E-state index contributed by atoms with van der Waals surface area (Å²) in [6, 6.07) is 8.84. The molecular weight excluding hydrogens is 212 g/mol. The van der Waals surface area contributed by atoms with Gasteiger partial charge in [0, 0.05) is 6.08 Å². The molecule has 0 aliphatic carbocycles. The minimum Gasteiger partial charge on any atom is -0.482 e. The van der Waals surface area contributed by atoms with Gasteiger partial charge < -0.3 is 14.9 Å². The van der Waals surface area contributed by atoms with Crippen LogP contribution in [0.15, 0.2) is 43.0 Å². The molecule has 0 radical (unpaired) electrons. The third-order valence-corrected chi connectivity index (χ3v) is 1.28. The highest BCUT2D eigenvalue weighted by atomic mass is 16.5. The second-order valence-electron chi connectivity index (χ2n) is 2.54. The number of carboxylic acid groups (broad SMARTS) is 2. The Morgan fingerprint density at radius 3 is 2.12 bits per heavy atom. The van der Waals surface area contributed by atoms with Crippen LogP contribution in [-0.2, 0) is 9.59 Å². The molecule has 86 valence electrons. The van der Waals surface area contributed by atoms with Crippen molar-refractivity contribution in [3.8, 4) is 5.75 Å². The van der Waals surface area contributed by atoms with E-state index in [0.29, 0.717) is 5.75 Å². The maximum absolute atomic E-state index is 10.0. The molecule has 2 N–H and O–H groups in total. The van der Waals surface area contributed by atoms with E-state index in [2.05, 4.69) is 6.58 Å². The van der Waals surface area contributed by atoms with Gasteiger partial charge in [0.2, 0.25) is 0 Å². The maximum Gasteiger partial charge on any atom is 0.341 e. The first-order chi connectivity index (χ1) is 7.56. The summed E-state index contributed by atoms with van der Waals surface area (Å²) in [5.74, 6) is -1.37. The van der Waals surface area contributed by atoms with E-state index >= 15 is 0 Å². The molecule has 1 rings (SSSR count).